The van der Waals surface area contributed by atoms with Gasteiger partial charge < -0.3 is 9.84 Å². The Kier molecular flexibility index (Phi) is 4.91. The van der Waals surface area contributed by atoms with Crippen molar-refractivity contribution in [1.29, 1.82) is 0 Å². The predicted molar refractivity (Wildman–Crippen MR) is 74.4 cm³/mol. The Hall–Kier alpha value is -1.18. The molecule has 1 aromatic carbocycles. The van der Waals surface area contributed by atoms with E-state index in [0.29, 0.717) is 5.75 Å². The molecule has 0 bridgehead atoms. The van der Waals surface area contributed by atoms with E-state index in [1.807, 2.05) is 12.1 Å². The van der Waals surface area contributed by atoms with E-state index in [4.69, 9.17) is 4.74 Å². The van der Waals surface area contributed by atoms with E-state index in [9.17, 15) is 5.11 Å². The van der Waals surface area contributed by atoms with Crippen LogP contribution in [0.3, 0.4) is 0 Å². The largest absolute Gasteiger partial charge is 0.508 e. The van der Waals surface area contributed by atoms with Crippen LogP contribution >= 0.6 is 0 Å². The molecular formula is C16H24O2. The Morgan fingerprint density at radius 1 is 1.11 bits per heavy atom. The van der Waals surface area contributed by atoms with Gasteiger partial charge in [0.15, 0.2) is 0 Å². The quantitative estimate of drug-likeness (QED) is 0.732. The van der Waals surface area contributed by atoms with Gasteiger partial charge in [-0.15, -0.1) is 0 Å². The maximum absolute atomic E-state index is 9.74. The first kappa shape index (κ1) is 13.3. The lowest BCUT2D eigenvalue weighted by molar-refractivity contribution is 0.353. The lowest BCUT2D eigenvalue weighted by Crippen LogP contribution is -1.92. The molecule has 2 heteroatoms. The van der Waals surface area contributed by atoms with E-state index in [2.05, 4.69) is 6.92 Å². The van der Waals surface area contributed by atoms with Gasteiger partial charge >= 0.3 is 0 Å². The maximum atomic E-state index is 9.74. The molecular weight excluding hydrogens is 224 g/mol. The summed E-state index contributed by atoms with van der Waals surface area (Å²) in [5, 5.41) is 9.74. The summed E-state index contributed by atoms with van der Waals surface area (Å²) in [6, 6.07) is 3.84. The molecule has 0 spiro atoms. The van der Waals surface area contributed by atoms with Gasteiger partial charge in [0.1, 0.15) is 11.5 Å². The molecule has 0 atom stereocenters. The van der Waals surface area contributed by atoms with Crippen molar-refractivity contribution >= 4 is 0 Å². The number of hydrogen-bond donors (Lipinski definition) is 1. The molecule has 2 rings (SSSR count). The van der Waals surface area contributed by atoms with Crippen molar-refractivity contribution in [3.63, 3.8) is 0 Å². The number of aryl methyl sites for hydroxylation is 1. The summed E-state index contributed by atoms with van der Waals surface area (Å²) in [5.74, 6) is 1.36. The third-order valence-corrected chi connectivity index (χ3v) is 3.72. The molecule has 0 saturated heterocycles. The van der Waals surface area contributed by atoms with Gasteiger partial charge in [0, 0.05) is 12.0 Å². The molecule has 100 valence electrons. The molecule has 0 unspecified atom stereocenters. The second kappa shape index (κ2) is 6.67. The second-order valence-electron chi connectivity index (χ2n) is 5.17. The number of fused-ring (bicyclic) bond motifs is 1. The van der Waals surface area contributed by atoms with Gasteiger partial charge in [0.25, 0.3) is 0 Å². The van der Waals surface area contributed by atoms with Crippen LogP contribution in [0.5, 0.6) is 11.5 Å². The van der Waals surface area contributed by atoms with Crippen molar-refractivity contribution in [3.05, 3.63) is 23.3 Å². The normalized spacial score (nSPS) is 13.4. The zero-order valence-electron chi connectivity index (χ0n) is 11.4. The van der Waals surface area contributed by atoms with Gasteiger partial charge in [-0.3, -0.25) is 0 Å². The van der Waals surface area contributed by atoms with Gasteiger partial charge in [0.05, 0.1) is 6.61 Å². The lowest BCUT2D eigenvalue weighted by Gasteiger charge is -2.09. The Bertz CT molecular complexity index is 385. The fourth-order valence-electron chi connectivity index (χ4n) is 2.64. The smallest absolute Gasteiger partial charge is 0.129 e. The minimum Gasteiger partial charge on any atom is -0.508 e. The molecule has 1 aromatic rings. The van der Waals surface area contributed by atoms with Crippen molar-refractivity contribution in [3.8, 4) is 11.5 Å². The highest BCUT2D eigenvalue weighted by Crippen LogP contribution is 2.36. The van der Waals surface area contributed by atoms with Crippen molar-refractivity contribution in [2.45, 2.75) is 58.3 Å². The predicted octanol–water partition coefficient (Wildman–Crippen LogP) is 4.23. The molecule has 1 aliphatic heterocycles. The fourth-order valence-corrected chi connectivity index (χ4v) is 2.64. The Morgan fingerprint density at radius 2 is 1.89 bits per heavy atom. The van der Waals surface area contributed by atoms with Crippen LogP contribution in [0.1, 0.15) is 56.6 Å². The number of unbranched alkanes of at least 4 members (excludes halogenated alkanes) is 5. The van der Waals surface area contributed by atoms with Gasteiger partial charge in [-0.2, -0.15) is 0 Å². The first-order chi connectivity index (χ1) is 8.83. The molecule has 0 saturated carbocycles. The molecule has 0 aromatic heterocycles. The molecule has 0 fully saturated rings. The molecule has 2 nitrogen and oxygen atoms in total. The average molecular weight is 248 g/mol. The minimum absolute atomic E-state index is 0.397. The van der Waals surface area contributed by atoms with E-state index < -0.39 is 0 Å². The molecule has 0 radical (unpaired) electrons. The molecule has 1 N–H and O–H groups in total. The Morgan fingerprint density at radius 3 is 2.72 bits per heavy atom. The van der Waals surface area contributed by atoms with Crippen molar-refractivity contribution < 1.29 is 9.84 Å². The number of aromatic hydroxyl groups is 1. The maximum Gasteiger partial charge on any atom is 0.129 e. The van der Waals surface area contributed by atoms with E-state index in [-0.39, 0.29) is 0 Å². The number of benzene rings is 1. The second-order valence-corrected chi connectivity index (χ2v) is 5.17. The monoisotopic (exact) mass is 248 g/mol. The Labute approximate surface area is 110 Å². The third-order valence-electron chi connectivity index (χ3n) is 3.72. The highest BCUT2D eigenvalue weighted by atomic mass is 16.5. The topological polar surface area (TPSA) is 29.5 Å². The molecule has 0 amide bonds. The standard InChI is InChI=1S/C16H24O2/c1-2-3-4-5-6-7-8-13-9-10-15(17)14-11-12-18-16(13)14/h9-10,17H,2-8,11-12H2,1H3. The molecule has 0 aliphatic carbocycles. The molecule has 1 heterocycles. The van der Waals surface area contributed by atoms with E-state index in [1.54, 1.807) is 0 Å². The summed E-state index contributed by atoms with van der Waals surface area (Å²) >= 11 is 0. The minimum atomic E-state index is 0.397. The van der Waals surface area contributed by atoms with Crippen LogP contribution in [0.2, 0.25) is 0 Å². The summed E-state index contributed by atoms with van der Waals surface area (Å²) in [6.45, 7) is 2.97. The Balaban J connectivity index is 1.82. The van der Waals surface area contributed by atoms with Gasteiger partial charge in [-0.25, -0.2) is 0 Å². The van der Waals surface area contributed by atoms with Crippen LogP contribution < -0.4 is 4.74 Å². The van der Waals surface area contributed by atoms with Crippen LogP contribution in [0.15, 0.2) is 12.1 Å². The SMILES string of the molecule is CCCCCCCCc1ccc(O)c2c1OCC2. The number of phenols is 1. The van der Waals surface area contributed by atoms with Gasteiger partial charge in [0.2, 0.25) is 0 Å². The highest BCUT2D eigenvalue weighted by Gasteiger charge is 2.19. The van der Waals surface area contributed by atoms with Gasteiger partial charge in [-0.05, 0) is 24.5 Å². The van der Waals surface area contributed by atoms with Gasteiger partial charge in [-0.1, -0.05) is 45.1 Å². The highest BCUT2D eigenvalue weighted by molar-refractivity contribution is 5.51. The van der Waals surface area contributed by atoms with E-state index in [1.165, 1.54) is 44.1 Å². The van der Waals surface area contributed by atoms with E-state index >= 15 is 0 Å². The van der Waals surface area contributed by atoms with Crippen LogP contribution in [-0.2, 0) is 12.8 Å². The van der Waals surface area contributed by atoms with Crippen LogP contribution in [0.25, 0.3) is 0 Å². The zero-order valence-corrected chi connectivity index (χ0v) is 11.4. The van der Waals surface area contributed by atoms with Crippen LogP contribution in [0.4, 0.5) is 0 Å². The van der Waals surface area contributed by atoms with Crippen LogP contribution in [-0.4, -0.2) is 11.7 Å². The zero-order chi connectivity index (χ0) is 12.8. The first-order valence-corrected chi connectivity index (χ1v) is 7.29. The number of phenolic OH excluding ortho intramolecular Hbond substituents is 1. The lowest BCUT2D eigenvalue weighted by atomic mass is 10.0. The van der Waals surface area contributed by atoms with Crippen molar-refractivity contribution in [2.24, 2.45) is 0 Å². The number of rotatable bonds is 7. The van der Waals surface area contributed by atoms with Crippen LogP contribution in [0, 0.1) is 0 Å². The van der Waals surface area contributed by atoms with Crippen molar-refractivity contribution in [1.82, 2.24) is 0 Å². The summed E-state index contributed by atoms with van der Waals surface area (Å²) < 4.78 is 5.65. The number of hydrogen-bond acceptors (Lipinski definition) is 2. The fraction of sp³-hybridized carbons (Fsp3) is 0.625. The third kappa shape index (κ3) is 3.18. The average Bonchev–Trinajstić information content (AvgIpc) is 2.86. The summed E-state index contributed by atoms with van der Waals surface area (Å²) in [4.78, 5) is 0. The first-order valence-electron chi connectivity index (χ1n) is 7.29. The number of ether oxygens (including phenoxy) is 1. The van der Waals surface area contributed by atoms with E-state index in [0.717, 1.165) is 30.8 Å². The van der Waals surface area contributed by atoms with Crippen molar-refractivity contribution in [2.75, 3.05) is 6.61 Å². The summed E-state index contributed by atoms with van der Waals surface area (Å²) in [5.41, 5.74) is 2.29. The summed E-state index contributed by atoms with van der Waals surface area (Å²) in [7, 11) is 0. The molecule has 18 heavy (non-hydrogen) atoms. The summed E-state index contributed by atoms with van der Waals surface area (Å²) in [6.07, 6.45) is 9.83. The molecule has 1 aliphatic rings.